The number of amides is 1. The van der Waals surface area contributed by atoms with Crippen LogP contribution in [0.2, 0.25) is 0 Å². The fraction of sp³-hybridized carbons (Fsp3) is 0.562. The highest BCUT2D eigenvalue weighted by atomic mass is 16.5. The quantitative estimate of drug-likeness (QED) is 0.751. The van der Waals surface area contributed by atoms with Crippen molar-refractivity contribution in [2.24, 2.45) is 0 Å². The number of hydrogen-bond donors (Lipinski definition) is 2. The number of rotatable bonds is 7. The van der Waals surface area contributed by atoms with Crippen LogP contribution < -0.4 is 15.4 Å². The number of methoxy groups -OCH3 is 1. The molecule has 0 heterocycles. The third-order valence-electron chi connectivity index (χ3n) is 3.74. The third kappa shape index (κ3) is 4.85. The van der Waals surface area contributed by atoms with Crippen molar-refractivity contribution in [2.75, 3.05) is 13.7 Å². The molecule has 1 aromatic carbocycles. The molecule has 0 aliphatic heterocycles. The molecular weight excluding hydrogens is 252 g/mol. The van der Waals surface area contributed by atoms with Crippen LogP contribution in [0.15, 0.2) is 24.3 Å². The number of carbonyl (C=O) groups excluding carboxylic acids is 1. The van der Waals surface area contributed by atoms with Crippen molar-refractivity contribution in [3.63, 3.8) is 0 Å². The van der Waals surface area contributed by atoms with Gasteiger partial charge in [0.05, 0.1) is 7.11 Å². The first-order valence-electron chi connectivity index (χ1n) is 7.41. The summed E-state index contributed by atoms with van der Waals surface area (Å²) in [6, 6.07) is 8.38. The molecule has 2 rings (SSSR count). The Labute approximate surface area is 120 Å². The number of nitrogens with one attached hydrogen (secondary N) is 2. The molecule has 2 N–H and O–H groups in total. The molecule has 1 aliphatic rings. The predicted molar refractivity (Wildman–Crippen MR) is 79.7 cm³/mol. The topological polar surface area (TPSA) is 50.4 Å². The number of carbonyl (C=O) groups is 1. The van der Waals surface area contributed by atoms with E-state index in [2.05, 4.69) is 10.6 Å². The van der Waals surface area contributed by atoms with Gasteiger partial charge in [-0.1, -0.05) is 25.0 Å². The van der Waals surface area contributed by atoms with Gasteiger partial charge in [0.25, 0.3) is 0 Å². The first-order valence-corrected chi connectivity index (χ1v) is 7.41. The summed E-state index contributed by atoms with van der Waals surface area (Å²) < 4.78 is 5.12. The second-order valence-corrected chi connectivity index (χ2v) is 5.32. The van der Waals surface area contributed by atoms with Gasteiger partial charge in [0.1, 0.15) is 5.75 Å². The summed E-state index contributed by atoms with van der Waals surface area (Å²) in [6.07, 6.45) is 5.34. The van der Waals surface area contributed by atoms with E-state index < -0.39 is 0 Å². The molecule has 1 amide bonds. The normalized spacial score (nSPS) is 15.2. The van der Waals surface area contributed by atoms with Crippen LogP contribution >= 0.6 is 0 Å². The van der Waals surface area contributed by atoms with Gasteiger partial charge in [-0.2, -0.15) is 0 Å². The van der Waals surface area contributed by atoms with Crippen LogP contribution in [0.3, 0.4) is 0 Å². The van der Waals surface area contributed by atoms with E-state index in [1.54, 1.807) is 7.11 Å². The van der Waals surface area contributed by atoms with E-state index >= 15 is 0 Å². The van der Waals surface area contributed by atoms with Crippen molar-refractivity contribution in [2.45, 2.75) is 44.7 Å². The average Bonchev–Trinajstić information content (AvgIpc) is 2.97. The van der Waals surface area contributed by atoms with Gasteiger partial charge in [0.15, 0.2) is 0 Å². The molecule has 0 aromatic heterocycles. The van der Waals surface area contributed by atoms with Crippen LogP contribution in [-0.4, -0.2) is 25.6 Å². The van der Waals surface area contributed by atoms with Crippen molar-refractivity contribution in [1.82, 2.24) is 10.6 Å². The molecule has 1 saturated carbocycles. The Morgan fingerprint density at radius 3 is 2.60 bits per heavy atom. The molecule has 0 radical (unpaired) electrons. The Balaban J connectivity index is 1.59. The Morgan fingerprint density at radius 1 is 1.25 bits per heavy atom. The molecule has 0 spiro atoms. The highest BCUT2D eigenvalue weighted by Crippen LogP contribution is 2.17. The van der Waals surface area contributed by atoms with Gasteiger partial charge in [0.2, 0.25) is 5.91 Å². The van der Waals surface area contributed by atoms with E-state index in [1.807, 2.05) is 24.3 Å². The van der Waals surface area contributed by atoms with E-state index in [1.165, 1.54) is 18.4 Å². The van der Waals surface area contributed by atoms with Crippen LogP contribution in [0.1, 0.15) is 37.7 Å². The monoisotopic (exact) mass is 276 g/mol. The van der Waals surface area contributed by atoms with E-state index in [-0.39, 0.29) is 5.91 Å². The maximum Gasteiger partial charge on any atom is 0.221 e. The zero-order valence-corrected chi connectivity index (χ0v) is 12.2. The Hall–Kier alpha value is -1.55. The van der Waals surface area contributed by atoms with Crippen molar-refractivity contribution in [3.8, 4) is 5.75 Å². The summed E-state index contributed by atoms with van der Waals surface area (Å²) in [5, 5.41) is 6.39. The molecule has 0 bridgehead atoms. The largest absolute Gasteiger partial charge is 0.497 e. The molecule has 4 nitrogen and oxygen atoms in total. The molecule has 1 fully saturated rings. The molecule has 4 heteroatoms. The van der Waals surface area contributed by atoms with Crippen LogP contribution in [0.4, 0.5) is 0 Å². The molecule has 110 valence electrons. The highest BCUT2D eigenvalue weighted by Gasteiger charge is 2.16. The molecule has 20 heavy (non-hydrogen) atoms. The fourth-order valence-corrected chi connectivity index (χ4v) is 2.55. The van der Waals surface area contributed by atoms with Crippen molar-refractivity contribution in [3.05, 3.63) is 29.8 Å². The van der Waals surface area contributed by atoms with E-state index in [4.69, 9.17) is 4.74 Å². The zero-order valence-electron chi connectivity index (χ0n) is 12.2. The summed E-state index contributed by atoms with van der Waals surface area (Å²) in [4.78, 5) is 11.7. The maximum atomic E-state index is 11.7. The lowest BCUT2D eigenvalue weighted by molar-refractivity contribution is -0.121. The summed E-state index contributed by atoms with van der Waals surface area (Å²) >= 11 is 0. The second-order valence-electron chi connectivity index (χ2n) is 5.32. The van der Waals surface area contributed by atoms with E-state index in [9.17, 15) is 4.79 Å². The lowest BCUT2D eigenvalue weighted by Crippen LogP contribution is -2.34. The SMILES string of the molecule is COc1ccc(CNCCC(=O)NC2CCCC2)cc1. The minimum absolute atomic E-state index is 0.166. The van der Waals surface area contributed by atoms with Crippen LogP contribution in [-0.2, 0) is 11.3 Å². The van der Waals surface area contributed by atoms with Crippen molar-refractivity contribution >= 4 is 5.91 Å². The van der Waals surface area contributed by atoms with Gasteiger partial charge in [-0.05, 0) is 30.5 Å². The van der Waals surface area contributed by atoms with Crippen LogP contribution in [0.25, 0.3) is 0 Å². The molecule has 1 aliphatic carbocycles. The fourth-order valence-electron chi connectivity index (χ4n) is 2.55. The lowest BCUT2D eigenvalue weighted by atomic mass is 10.2. The van der Waals surface area contributed by atoms with Gasteiger partial charge in [-0.25, -0.2) is 0 Å². The summed E-state index contributed by atoms with van der Waals surface area (Å²) in [5.41, 5.74) is 1.20. The molecule has 0 atom stereocenters. The second kappa shape index (κ2) is 7.90. The van der Waals surface area contributed by atoms with Crippen LogP contribution in [0, 0.1) is 0 Å². The van der Waals surface area contributed by atoms with Crippen molar-refractivity contribution < 1.29 is 9.53 Å². The van der Waals surface area contributed by atoms with Gasteiger partial charge in [-0.15, -0.1) is 0 Å². The third-order valence-corrected chi connectivity index (χ3v) is 3.74. The number of benzene rings is 1. The smallest absolute Gasteiger partial charge is 0.221 e. The van der Waals surface area contributed by atoms with E-state index in [0.29, 0.717) is 19.0 Å². The summed E-state index contributed by atoms with van der Waals surface area (Å²) in [7, 11) is 1.66. The Bertz CT molecular complexity index is 411. The molecule has 0 saturated heterocycles. The average molecular weight is 276 g/mol. The first-order chi connectivity index (χ1) is 9.78. The molecule has 0 unspecified atom stereocenters. The van der Waals surface area contributed by atoms with E-state index in [0.717, 1.165) is 25.1 Å². The van der Waals surface area contributed by atoms with Crippen LogP contribution in [0.5, 0.6) is 5.75 Å². The standard InChI is InChI=1S/C16H24N2O2/c1-20-15-8-6-13(7-9-15)12-17-11-10-16(19)18-14-4-2-3-5-14/h6-9,14,17H,2-5,10-12H2,1H3,(H,18,19). The van der Waals surface area contributed by atoms with Gasteiger partial charge in [0, 0.05) is 25.6 Å². The first kappa shape index (κ1) is 14.9. The highest BCUT2D eigenvalue weighted by molar-refractivity contribution is 5.76. The predicted octanol–water partition coefficient (Wildman–Crippen LogP) is 2.23. The van der Waals surface area contributed by atoms with Gasteiger partial charge in [-0.3, -0.25) is 4.79 Å². The number of ether oxygens (including phenoxy) is 1. The Morgan fingerprint density at radius 2 is 1.95 bits per heavy atom. The summed E-state index contributed by atoms with van der Waals surface area (Å²) in [5.74, 6) is 1.03. The Kier molecular flexibility index (Phi) is 5.87. The van der Waals surface area contributed by atoms with Crippen molar-refractivity contribution in [1.29, 1.82) is 0 Å². The zero-order chi connectivity index (χ0) is 14.2. The lowest BCUT2D eigenvalue weighted by Gasteiger charge is -2.12. The van der Waals surface area contributed by atoms with Gasteiger partial charge >= 0.3 is 0 Å². The molecular formula is C16H24N2O2. The minimum atomic E-state index is 0.166. The number of hydrogen-bond acceptors (Lipinski definition) is 3. The summed E-state index contributed by atoms with van der Waals surface area (Å²) in [6.45, 7) is 1.49. The maximum absolute atomic E-state index is 11.7. The van der Waals surface area contributed by atoms with Gasteiger partial charge < -0.3 is 15.4 Å². The minimum Gasteiger partial charge on any atom is -0.497 e. The molecule has 1 aromatic rings.